The van der Waals surface area contributed by atoms with E-state index in [1.54, 1.807) is 0 Å². The first kappa shape index (κ1) is 21.9. The molecule has 0 spiro atoms. The van der Waals surface area contributed by atoms with Gasteiger partial charge in [0.1, 0.15) is 5.75 Å². The zero-order valence-electron chi connectivity index (χ0n) is 19.1. The SMILES string of the molecule is CC(O)C1CCCc2ccc(O[Si](c3ccccc3)(c3ccccc3)C(C)(C)C)cc21. The summed E-state index contributed by atoms with van der Waals surface area (Å²) in [5.74, 6) is 1.10. The van der Waals surface area contributed by atoms with Crippen LogP contribution in [0.1, 0.15) is 57.6 Å². The Morgan fingerprint density at radius 2 is 1.48 bits per heavy atom. The monoisotopic (exact) mass is 430 g/mol. The highest BCUT2D eigenvalue weighted by Crippen LogP contribution is 2.40. The summed E-state index contributed by atoms with van der Waals surface area (Å²) in [6.07, 6.45) is 2.91. The minimum Gasteiger partial charge on any atom is -0.534 e. The third-order valence-corrected chi connectivity index (χ3v) is 11.7. The lowest BCUT2D eigenvalue weighted by Gasteiger charge is -2.43. The number of aliphatic hydroxyl groups excluding tert-OH is 1. The van der Waals surface area contributed by atoms with Crippen molar-refractivity contribution in [3.63, 3.8) is 0 Å². The number of aryl methyl sites for hydroxylation is 1. The molecule has 1 aliphatic rings. The fraction of sp³-hybridized carbons (Fsp3) is 0.357. The number of hydrogen-bond donors (Lipinski definition) is 1. The first-order valence-corrected chi connectivity index (χ1v) is 13.3. The average molecular weight is 431 g/mol. The quantitative estimate of drug-likeness (QED) is 0.547. The Morgan fingerprint density at radius 3 is 2.00 bits per heavy atom. The van der Waals surface area contributed by atoms with E-state index in [1.807, 2.05) is 6.92 Å². The van der Waals surface area contributed by atoms with Gasteiger partial charge in [0.15, 0.2) is 0 Å². The molecule has 1 aliphatic carbocycles. The van der Waals surface area contributed by atoms with E-state index in [-0.39, 0.29) is 17.1 Å². The first-order valence-electron chi connectivity index (χ1n) is 11.4. The third-order valence-electron chi connectivity index (χ3n) is 6.75. The summed E-state index contributed by atoms with van der Waals surface area (Å²) in [6.45, 7) is 8.82. The van der Waals surface area contributed by atoms with Crippen molar-refractivity contribution in [1.29, 1.82) is 0 Å². The maximum absolute atomic E-state index is 10.4. The van der Waals surface area contributed by atoms with Gasteiger partial charge in [-0.3, -0.25) is 0 Å². The van der Waals surface area contributed by atoms with E-state index >= 15 is 0 Å². The molecule has 0 heterocycles. The van der Waals surface area contributed by atoms with Gasteiger partial charge < -0.3 is 9.53 Å². The number of benzene rings is 3. The molecule has 0 aromatic heterocycles. The Morgan fingerprint density at radius 1 is 0.903 bits per heavy atom. The number of hydrogen-bond acceptors (Lipinski definition) is 2. The van der Waals surface area contributed by atoms with E-state index in [2.05, 4.69) is 99.6 Å². The topological polar surface area (TPSA) is 29.5 Å². The minimum atomic E-state index is -2.65. The zero-order valence-corrected chi connectivity index (χ0v) is 20.1. The third kappa shape index (κ3) is 4.09. The van der Waals surface area contributed by atoms with E-state index in [1.165, 1.54) is 21.5 Å². The Kier molecular flexibility index (Phi) is 6.09. The van der Waals surface area contributed by atoms with Crippen LogP contribution in [0.15, 0.2) is 78.9 Å². The van der Waals surface area contributed by atoms with E-state index < -0.39 is 8.32 Å². The molecule has 0 saturated heterocycles. The summed E-state index contributed by atoms with van der Waals surface area (Å²) in [6, 6.07) is 28.1. The van der Waals surface area contributed by atoms with Crippen LogP contribution in [0.3, 0.4) is 0 Å². The maximum Gasteiger partial charge on any atom is 0.319 e. The van der Waals surface area contributed by atoms with Crippen LogP contribution in [0.5, 0.6) is 5.75 Å². The first-order chi connectivity index (χ1) is 14.8. The number of fused-ring (bicyclic) bond motifs is 1. The summed E-state index contributed by atoms with van der Waals surface area (Å²) in [7, 11) is -2.65. The standard InChI is InChI=1S/C28H34O2Si/c1-21(29)26-17-11-12-22-18-19-23(20-27(22)26)30-31(28(2,3)4,24-13-7-5-8-14-24)25-15-9-6-10-16-25/h5-10,13-16,18-21,26,29H,11-12,17H2,1-4H3. The Hall–Kier alpha value is -2.36. The van der Waals surface area contributed by atoms with Gasteiger partial charge >= 0.3 is 8.32 Å². The second kappa shape index (κ2) is 8.64. The second-order valence-electron chi connectivity index (χ2n) is 9.87. The van der Waals surface area contributed by atoms with Crippen LogP contribution in [0.25, 0.3) is 0 Å². The van der Waals surface area contributed by atoms with Crippen LogP contribution in [0, 0.1) is 0 Å². The Balaban J connectivity index is 1.88. The van der Waals surface area contributed by atoms with Crippen molar-refractivity contribution in [1.82, 2.24) is 0 Å². The van der Waals surface area contributed by atoms with E-state index in [0.717, 1.165) is 25.0 Å². The van der Waals surface area contributed by atoms with Gasteiger partial charge in [-0.15, -0.1) is 0 Å². The second-order valence-corrected chi connectivity index (χ2v) is 14.1. The van der Waals surface area contributed by atoms with Crippen molar-refractivity contribution in [3.8, 4) is 5.75 Å². The van der Waals surface area contributed by atoms with Crippen LogP contribution in [-0.2, 0) is 6.42 Å². The van der Waals surface area contributed by atoms with Gasteiger partial charge in [-0.25, -0.2) is 0 Å². The van der Waals surface area contributed by atoms with E-state index in [4.69, 9.17) is 4.43 Å². The molecule has 1 N–H and O–H groups in total. The van der Waals surface area contributed by atoms with Crippen LogP contribution < -0.4 is 14.8 Å². The molecule has 3 heteroatoms. The Bertz CT molecular complexity index is 967. The summed E-state index contributed by atoms with van der Waals surface area (Å²) in [5.41, 5.74) is 2.61. The summed E-state index contributed by atoms with van der Waals surface area (Å²) < 4.78 is 7.19. The average Bonchev–Trinajstić information content (AvgIpc) is 2.77. The molecule has 0 aliphatic heterocycles. The summed E-state index contributed by atoms with van der Waals surface area (Å²) in [4.78, 5) is 0. The van der Waals surface area contributed by atoms with Gasteiger partial charge in [0.05, 0.1) is 6.10 Å². The van der Waals surface area contributed by atoms with Crippen LogP contribution >= 0.6 is 0 Å². The lowest BCUT2D eigenvalue weighted by molar-refractivity contribution is 0.153. The van der Waals surface area contributed by atoms with Crippen molar-refractivity contribution in [2.45, 2.75) is 64.0 Å². The normalized spacial score (nSPS) is 17.6. The van der Waals surface area contributed by atoms with E-state index in [0.29, 0.717) is 0 Å². The molecule has 2 unspecified atom stereocenters. The fourth-order valence-corrected chi connectivity index (χ4v) is 9.62. The highest BCUT2D eigenvalue weighted by atomic mass is 28.4. The van der Waals surface area contributed by atoms with Crippen molar-refractivity contribution < 1.29 is 9.53 Å². The number of aliphatic hydroxyl groups is 1. The molecule has 2 nitrogen and oxygen atoms in total. The molecule has 0 bridgehead atoms. The van der Waals surface area contributed by atoms with Crippen molar-refractivity contribution >= 4 is 18.7 Å². The van der Waals surface area contributed by atoms with Crippen molar-refractivity contribution in [2.75, 3.05) is 0 Å². The minimum absolute atomic E-state index is 0.0741. The molecular formula is C28H34O2Si. The molecule has 2 atom stereocenters. The molecule has 3 aromatic carbocycles. The van der Waals surface area contributed by atoms with Gasteiger partial charge in [-0.1, -0.05) is 87.5 Å². The molecule has 3 aromatic rings. The highest BCUT2D eigenvalue weighted by molar-refractivity contribution is 7.00. The smallest absolute Gasteiger partial charge is 0.319 e. The summed E-state index contributed by atoms with van der Waals surface area (Å²) >= 11 is 0. The molecule has 0 amide bonds. The molecular weight excluding hydrogens is 396 g/mol. The largest absolute Gasteiger partial charge is 0.534 e. The van der Waals surface area contributed by atoms with Crippen molar-refractivity contribution in [2.24, 2.45) is 0 Å². The lowest BCUT2D eigenvalue weighted by atomic mass is 9.80. The fourth-order valence-electron chi connectivity index (χ4n) is 5.20. The molecule has 0 fully saturated rings. The van der Waals surface area contributed by atoms with Crippen LogP contribution in [0.4, 0.5) is 0 Å². The van der Waals surface area contributed by atoms with Gasteiger partial charge in [0, 0.05) is 5.92 Å². The zero-order chi connectivity index (χ0) is 22.1. The maximum atomic E-state index is 10.4. The molecule has 0 saturated carbocycles. The van der Waals surface area contributed by atoms with Gasteiger partial charge in [-0.2, -0.15) is 0 Å². The lowest BCUT2D eigenvalue weighted by Crippen LogP contribution is -2.68. The Labute approximate surface area is 188 Å². The van der Waals surface area contributed by atoms with E-state index in [9.17, 15) is 5.11 Å². The molecule has 162 valence electrons. The van der Waals surface area contributed by atoms with Gasteiger partial charge in [0.2, 0.25) is 0 Å². The molecule has 0 radical (unpaired) electrons. The van der Waals surface area contributed by atoms with Crippen LogP contribution in [-0.4, -0.2) is 19.5 Å². The van der Waals surface area contributed by atoms with Crippen molar-refractivity contribution in [3.05, 3.63) is 90.0 Å². The molecule has 4 rings (SSSR count). The van der Waals surface area contributed by atoms with Gasteiger partial charge in [0.25, 0.3) is 0 Å². The highest BCUT2D eigenvalue weighted by Gasteiger charge is 2.52. The predicted molar refractivity (Wildman–Crippen MR) is 132 cm³/mol. The summed E-state index contributed by atoms with van der Waals surface area (Å²) in [5, 5.41) is 12.9. The predicted octanol–water partition coefficient (Wildman–Crippen LogP) is 5.43. The molecule has 31 heavy (non-hydrogen) atoms. The van der Waals surface area contributed by atoms with Gasteiger partial charge in [-0.05, 0) is 64.9 Å². The van der Waals surface area contributed by atoms with Crippen LogP contribution in [0.2, 0.25) is 5.04 Å². The number of rotatable bonds is 5.